The highest BCUT2D eigenvalue weighted by molar-refractivity contribution is 5.70. The lowest BCUT2D eigenvalue weighted by Crippen LogP contribution is -2.28. The normalized spacial score (nSPS) is 39.0. The minimum atomic E-state index is -0.167. The van der Waals surface area contributed by atoms with Gasteiger partial charge in [-0.05, 0) is 0 Å². The SMILES string of the molecule is O=C1CC2NCC(CO1)O2. The van der Waals surface area contributed by atoms with E-state index in [-0.39, 0.29) is 18.3 Å². The number of nitrogens with one attached hydrogen (secondary N) is 1. The fourth-order valence-corrected chi connectivity index (χ4v) is 1.21. The van der Waals surface area contributed by atoms with Gasteiger partial charge in [0.05, 0.1) is 6.42 Å². The van der Waals surface area contributed by atoms with Gasteiger partial charge in [0.15, 0.2) is 0 Å². The largest absolute Gasteiger partial charge is 0.463 e. The van der Waals surface area contributed by atoms with Gasteiger partial charge in [0.25, 0.3) is 0 Å². The molecule has 2 aliphatic rings. The van der Waals surface area contributed by atoms with Gasteiger partial charge in [-0.3, -0.25) is 10.1 Å². The Kier molecular flexibility index (Phi) is 1.35. The molecule has 0 aliphatic carbocycles. The molecular weight excluding hydrogens is 134 g/mol. The first kappa shape index (κ1) is 6.12. The molecule has 2 aliphatic heterocycles. The standard InChI is InChI=1S/C6H9NO3/c8-6-1-5-7-2-4(10-5)3-9-6/h4-5,7H,1-3H2. The van der Waals surface area contributed by atoms with Crippen LogP contribution in [0.4, 0.5) is 0 Å². The number of cyclic esters (lactones) is 1. The Bertz CT molecular complexity index is 159. The number of rotatable bonds is 0. The highest BCUT2D eigenvalue weighted by Crippen LogP contribution is 2.13. The molecule has 2 rings (SSSR count). The molecule has 2 saturated heterocycles. The fraction of sp³-hybridized carbons (Fsp3) is 0.833. The maximum Gasteiger partial charge on any atom is 0.309 e. The highest BCUT2D eigenvalue weighted by Gasteiger charge is 2.31. The van der Waals surface area contributed by atoms with Crippen molar-refractivity contribution in [2.24, 2.45) is 0 Å². The predicted molar refractivity (Wildman–Crippen MR) is 32.2 cm³/mol. The quantitative estimate of drug-likeness (QED) is 0.453. The Balaban J connectivity index is 2.05. The van der Waals surface area contributed by atoms with Crippen molar-refractivity contribution in [2.45, 2.75) is 18.8 Å². The van der Waals surface area contributed by atoms with Crippen LogP contribution in [0.2, 0.25) is 0 Å². The second-order valence-corrected chi connectivity index (χ2v) is 2.54. The first-order chi connectivity index (χ1) is 4.84. The van der Waals surface area contributed by atoms with Gasteiger partial charge in [-0.15, -0.1) is 0 Å². The average Bonchev–Trinajstić information content (AvgIpc) is 2.22. The Morgan fingerprint density at radius 1 is 1.60 bits per heavy atom. The van der Waals surface area contributed by atoms with E-state index in [1.165, 1.54) is 0 Å². The molecule has 0 amide bonds. The van der Waals surface area contributed by atoms with Crippen LogP contribution in [0.25, 0.3) is 0 Å². The van der Waals surface area contributed by atoms with Gasteiger partial charge in [0.1, 0.15) is 18.9 Å². The van der Waals surface area contributed by atoms with E-state index in [9.17, 15) is 4.79 Å². The van der Waals surface area contributed by atoms with Gasteiger partial charge >= 0.3 is 5.97 Å². The summed E-state index contributed by atoms with van der Waals surface area (Å²) < 4.78 is 10.2. The van der Waals surface area contributed by atoms with Crippen molar-refractivity contribution >= 4 is 5.97 Å². The molecular formula is C6H9NO3. The Hall–Kier alpha value is -0.610. The van der Waals surface area contributed by atoms with E-state index in [1.54, 1.807) is 0 Å². The molecule has 0 aromatic rings. The van der Waals surface area contributed by atoms with Crippen LogP contribution in [0.3, 0.4) is 0 Å². The van der Waals surface area contributed by atoms with Gasteiger partial charge in [0, 0.05) is 6.54 Å². The number of ether oxygens (including phenoxy) is 2. The van der Waals surface area contributed by atoms with Crippen molar-refractivity contribution in [3.05, 3.63) is 0 Å². The molecule has 56 valence electrons. The first-order valence-electron chi connectivity index (χ1n) is 3.39. The van der Waals surface area contributed by atoms with E-state index in [4.69, 9.17) is 9.47 Å². The molecule has 4 nitrogen and oxygen atoms in total. The number of carbonyl (C=O) groups is 1. The molecule has 10 heavy (non-hydrogen) atoms. The summed E-state index contributed by atoms with van der Waals surface area (Å²) in [4.78, 5) is 10.7. The number of hydrogen-bond acceptors (Lipinski definition) is 4. The summed E-state index contributed by atoms with van der Waals surface area (Å²) in [5, 5.41) is 3.07. The van der Waals surface area contributed by atoms with Gasteiger partial charge in [-0.2, -0.15) is 0 Å². The summed E-state index contributed by atoms with van der Waals surface area (Å²) in [7, 11) is 0. The minimum absolute atomic E-state index is 0.0800. The molecule has 2 atom stereocenters. The lowest BCUT2D eigenvalue weighted by molar-refractivity contribution is -0.143. The van der Waals surface area contributed by atoms with Crippen molar-refractivity contribution in [2.75, 3.05) is 13.2 Å². The smallest absolute Gasteiger partial charge is 0.309 e. The zero-order valence-electron chi connectivity index (χ0n) is 5.50. The molecule has 0 saturated carbocycles. The molecule has 2 heterocycles. The third-order valence-corrected chi connectivity index (χ3v) is 1.71. The first-order valence-corrected chi connectivity index (χ1v) is 3.39. The van der Waals surface area contributed by atoms with Crippen LogP contribution in [0.5, 0.6) is 0 Å². The summed E-state index contributed by atoms with van der Waals surface area (Å²) in [5.41, 5.74) is 0. The van der Waals surface area contributed by atoms with E-state index in [2.05, 4.69) is 5.32 Å². The van der Waals surface area contributed by atoms with Crippen LogP contribution in [0.15, 0.2) is 0 Å². The fourth-order valence-electron chi connectivity index (χ4n) is 1.21. The van der Waals surface area contributed by atoms with E-state index >= 15 is 0 Å². The van der Waals surface area contributed by atoms with Gasteiger partial charge in [0.2, 0.25) is 0 Å². The molecule has 0 aromatic carbocycles. The number of fused-ring (bicyclic) bond motifs is 2. The molecule has 0 spiro atoms. The molecule has 4 heteroatoms. The monoisotopic (exact) mass is 143 g/mol. The Morgan fingerprint density at radius 3 is 3.40 bits per heavy atom. The van der Waals surface area contributed by atoms with Crippen molar-refractivity contribution in [3.63, 3.8) is 0 Å². The average molecular weight is 143 g/mol. The van der Waals surface area contributed by atoms with Crippen LogP contribution in [-0.2, 0) is 14.3 Å². The molecule has 2 unspecified atom stereocenters. The summed E-state index contributed by atoms with van der Waals surface area (Å²) in [5.74, 6) is -0.167. The second-order valence-electron chi connectivity index (χ2n) is 2.54. The predicted octanol–water partition coefficient (Wildman–Crippen LogP) is -0.752. The topological polar surface area (TPSA) is 47.6 Å². The molecule has 0 radical (unpaired) electrons. The van der Waals surface area contributed by atoms with Crippen molar-refractivity contribution < 1.29 is 14.3 Å². The summed E-state index contributed by atoms with van der Waals surface area (Å²) in [6.45, 7) is 1.21. The van der Waals surface area contributed by atoms with E-state index in [0.29, 0.717) is 13.0 Å². The zero-order chi connectivity index (χ0) is 6.97. The lowest BCUT2D eigenvalue weighted by atomic mass is 10.3. The molecule has 2 bridgehead atoms. The van der Waals surface area contributed by atoms with Gasteiger partial charge in [-0.1, -0.05) is 0 Å². The summed E-state index contributed by atoms with van der Waals surface area (Å²) in [6, 6.07) is 0. The van der Waals surface area contributed by atoms with Gasteiger partial charge in [-0.25, -0.2) is 0 Å². The Morgan fingerprint density at radius 2 is 2.50 bits per heavy atom. The maximum atomic E-state index is 10.7. The number of carbonyl (C=O) groups excluding carboxylic acids is 1. The number of esters is 1. The molecule has 2 fully saturated rings. The third kappa shape index (κ3) is 0.998. The van der Waals surface area contributed by atoms with Crippen molar-refractivity contribution in [3.8, 4) is 0 Å². The van der Waals surface area contributed by atoms with E-state index in [0.717, 1.165) is 6.54 Å². The second kappa shape index (κ2) is 2.21. The summed E-state index contributed by atoms with van der Waals surface area (Å²) in [6.07, 6.45) is 0.327. The molecule has 0 aromatic heterocycles. The van der Waals surface area contributed by atoms with Crippen molar-refractivity contribution in [1.29, 1.82) is 0 Å². The lowest BCUT2D eigenvalue weighted by Gasteiger charge is -2.05. The zero-order valence-corrected chi connectivity index (χ0v) is 5.50. The molecule has 1 N–H and O–H groups in total. The van der Waals surface area contributed by atoms with Crippen LogP contribution < -0.4 is 5.32 Å². The number of hydrogen-bond donors (Lipinski definition) is 1. The third-order valence-electron chi connectivity index (χ3n) is 1.71. The van der Waals surface area contributed by atoms with E-state index < -0.39 is 0 Å². The van der Waals surface area contributed by atoms with Gasteiger partial charge < -0.3 is 9.47 Å². The minimum Gasteiger partial charge on any atom is -0.463 e. The maximum absolute atomic E-state index is 10.7. The van der Waals surface area contributed by atoms with Crippen LogP contribution in [0.1, 0.15) is 6.42 Å². The van der Waals surface area contributed by atoms with Crippen LogP contribution in [0, 0.1) is 0 Å². The van der Waals surface area contributed by atoms with Crippen LogP contribution in [-0.4, -0.2) is 31.5 Å². The summed E-state index contributed by atoms with van der Waals surface area (Å²) >= 11 is 0. The highest BCUT2D eigenvalue weighted by atomic mass is 16.6. The Labute approximate surface area is 58.5 Å². The van der Waals surface area contributed by atoms with E-state index in [1.807, 2.05) is 0 Å². The van der Waals surface area contributed by atoms with Crippen LogP contribution >= 0.6 is 0 Å². The van der Waals surface area contributed by atoms with Crippen molar-refractivity contribution in [1.82, 2.24) is 5.32 Å².